The standard InChI is InChI=1S/C24H16BrClFNO4/c1-30-21-12-14(10-19(26)22(21)31-13-16-4-2-3-5-18(16)25)11-20-24(29)32-23(28-20)15-6-8-17(27)9-7-15/h2-12H,13H2,1H3. The Morgan fingerprint density at radius 3 is 2.62 bits per heavy atom. The number of cyclic esters (lactones) is 1. The molecular formula is C24H16BrClFNO4. The Kier molecular flexibility index (Phi) is 6.58. The highest BCUT2D eigenvalue weighted by atomic mass is 79.9. The molecule has 0 aromatic heterocycles. The molecule has 0 radical (unpaired) electrons. The van der Waals surface area contributed by atoms with E-state index in [0.717, 1.165) is 10.0 Å². The van der Waals surface area contributed by atoms with E-state index in [4.69, 9.17) is 25.8 Å². The van der Waals surface area contributed by atoms with Gasteiger partial charge in [0.1, 0.15) is 12.4 Å². The van der Waals surface area contributed by atoms with Gasteiger partial charge in [0.2, 0.25) is 5.90 Å². The third kappa shape index (κ3) is 4.84. The maximum atomic E-state index is 13.1. The lowest BCUT2D eigenvalue weighted by molar-refractivity contribution is -0.129. The molecule has 0 fully saturated rings. The molecule has 162 valence electrons. The van der Waals surface area contributed by atoms with E-state index in [1.54, 1.807) is 12.1 Å². The van der Waals surface area contributed by atoms with Crippen LogP contribution in [0.25, 0.3) is 6.08 Å². The Labute approximate surface area is 197 Å². The number of carbonyl (C=O) groups excluding carboxylic acids is 1. The van der Waals surface area contributed by atoms with Crippen molar-refractivity contribution in [3.05, 3.63) is 98.4 Å². The third-order valence-electron chi connectivity index (χ3n) is 4.60. The Balaban J connectivity index is 1.59. The first-order valence-electron chi connectivity index (χ1n) is 9.47. The van der Waals surface area contributed by atoms with Crippen molar-refractivity contribution in [1.82, 2.24) is 0 Å². The molecule has 0 saturated heterocycles. The molecule has 3 aromatic carbocycles. The van der Waals surface area contributed by atoms with Gasteiger partial charge in [0.15, 0.2) is 17.2 Å². The number of carbonyl (C=O) groups is 1. The molecule has 0 unspecified atom stereocenters. The van der Waals surface area contributed by atoms with Gasteiger partial charge < -0.3 is 14.2 Å². The van der Waals surface area contributed by atoms with E-state index in [2.05, 4.69) is 20.9 Å². The summed E-state index contributed by atoms with van der Waals surface area (Å²) in [6, 6.07) is 16.5. The Bertz CT molecular complexity index is 1240. The monoisotopic (exact) mass is 515 g/mol. The van der Waals surface area contributed by atoms with Gasteiger partial charge in [-0.25, -0.2) is 14.2 Å². The average molecular weight is 517 g/mol. The molecule has 1 aliphatic heterocycles. The molecule has 1 aliphatic rings. The van der Waals surface area contributed by atoms with Crippen LogP contribution in [0.15, 0.2) is 75.8 Å². The zero-order valence-electron chi connectivity index (χ0n) is 16.8. The molecule has 0 bridgehead atoms. The van der Waals surface area contributed by atoms with Crippen LogP contribution < -0.4 is 9.47 Å². The second-order valence-corrected chi connectivity index (χ2v) is 8.02. The van der Waals surface area contributed by atoms with Gasteiger partial charge in [-0.2, -0.15) is 0 Å². The number of rotatable bonds is 6. The van der Waals surface area contributed by atoms with Gasteiger partial charge in [-0.3, -0.25) is 0 Å². The number of esters is 1. The molecular weight excluding hydrogens is 501 g/mol. The summed E-state index contributed by atoms with van der Waals surface area (Å²) in [5.74, 6) is -0.110. The molecule has 0 N–H and O–H groups in total. The number of hydrogen-bond donors (Lipinski definition) is 0. The normalized spacial score (nSPS) is 14.3. The van der Waals surface area contributed by atoms with Crippen molar-refractivity contribution >= 4 is 45.5 Å². The van der Waals surface area contributed by atoms with Crippen LogP contribution in [-0.4, -0.2) is 19.0 Å². The third-order valence-corrected chi connectivity index (χ3v) is 5.65. The molecule has 3 aromatic rings. The first-order chi connectivity index (χ1) is 15.4. The predicted octanol–water partition coefficient (Wildman–Crippen LogP) is 6.17. The number of nitrogens with zero attached hydrogens (tertiary/aromatic N) is 1. The predicted molar refractivity (Wildman–Crippen MR) is 123 cm³/mol. The number of methoxy groups -OCH3 is 1. The highest BCUT2D eigenvalue weighted by Gasteiger charge is 2.24. The smallest absolute Gasteiger partial charge is 0.363 e. The fraction of sp³-hybridized carbons (Fsp3) is 0.0833. The maximum absolute atomic E-state index is 13.1. The van der Waals surface area contributed by atoms with Gasteiger partial charge in [0, 0.05) is 15.6 Å². The van der Waals surface area contributed by atoms with Crippen molar-refractivity contribution in [2.75, 3.05) is 7.11 Å². The summed E-state index contributed by atoms with van der Waals surface area (Å²) < 4.78 is 30.6. The molecule has 0 atom stereocenters. The van der Waals surface area contributed by atoms with Crippen molar-refractivity contribution in [3.8, 4) is 11.5 Å². The minimum Gasteiger partial charge on any atom is -0.493 e. The number of aliphatic imine (C=N–C) groups is 1. The summed E-state index contributed by atoms with van der Waals surface area (Å²) in [7, 11) is 1.50. The second-order valence-electron chi connectivity index (χ2n) is 6.76. The first-order valence-corrected chi connectivity index (χ1v) is 10.6. The van der Waals surface area contributed by atoms with E-state index in [-0.39, 0.29) is 18.2 Å². The van der Waals surface area contributed by atoms with Gasteiger partial charge in [0.05, 0.1) is 12.1 Å². The number of halogens is 3. The highest BCUT2D eigenvalue weighted by molar-refractivity contribution is 9.10. The second kappa shape index (κ2) is 9.54. The zero-order valence-corrected chi connectivity index (χ0v) is 19.1. The summed E-state index contributed by atoms with van der Waals surface area (Å²) in [6.45, 7) is 0.287. The van der Waals surface area contributed by atoms with Crippen LogP contribution in [0.4, 0.5) is 4.39 Å². The molecule has 0 amide bonds. The number of hydrogen-bond acceptors (Lipinski definition) is 5. The largest absolute Gasteiger partial charge is 0.493 e. The lowest BCUT2D eigenvalue weighted by Gasteiger charge is -2.14. The SMILES string of the molecule is COc1cc(C=C2N=C(c3ccc(F)cc3)OC2=O)cc(Cl)c1OCc1ccccc1Br. The van der Waals surface area contributed by atoms with E-state index in [9.17, 15) is 9.18 Å². The summed E-state index contributed by atoms with van der Waals surface area (Å²) in [4.78, 5) is 16.5. The highest BCUT2D eigenvalue weighted by Crippen LogP contribution is 2.38. The van der Waals surface area contributed by atoms with E-state index in [1.165, 1.54) is 37.5 Å². The minimum atomic E-state index is -0.617. The zero-order chi connectivity index (χ0) is 22.7. The van der Waals surface area contributed by atoms with Gasteiger partial charge in [0.25, 0.3) is 0 Å². The van der Waals surface area contributed by atoms with Crippen LogP contribution in [0.5, 0.6) is 11.5 Å². The summed E-state index contributed by atoms with van der Waals surface area (Å²) in [5, 5.41) is 0.317. The van der Waals surface area contributed by atoms with Crippen molar-refractivity contribution in [1.29, 1.82) is 0 Å². The van der Waals surface area contributed by atoms with Crippen LogP contribution >= 0.6 is 27.5 Å². The molecule has 4 rings (SSSR count). The lowest BCUT2D eigenvalue weighted by atomic mass is 10.1. The fourth-order valence-corrected chi connectivity index (χ4v) is 3.68. The number of ether oxygens (including phenoxy) is 3. The van der Waals surface area contributed by atoms with Crippen molar-refractivity contribution in [3.63, 3.8) is 0 Å². The number of benzene rings is 3. The summed E-state index contributed by atoms with van der Waals surface area (Å²) >= 11 is 9.94. The van der Waals surface area contributed by atoms with E-state index >= 15 is 0 Å². The van der Waals surface area contributed by atoms with Crippen molar-refractivity contribution in [2.24, 2.45) is 4.99 Å². The van der Waals surface area contributed by atoms with Crippen LogP contribution in [0.2, 0.25) is 5.02 Å². The first kappa shape index (κ1) is 22.0. The van der Waals surface area contributed by atoms with Gasteiger partial charge in [-0.05, 0) is 54.1 Å². The minimum absolute atomic E-state index is 0.0873. The quantitative estimate of drug-likeness (QED) is 0.290. The van der Waals surface area contributed by atoms with Crippen molar-refractivity contribution < 1.29 is 23.4 Å². The van der Waals surface area contributed by atoms with Gasteiger partial charge in [-0.15, -0.1) is 0 Å². The lowest BCUT2D eigenvalue weighted by Crippen LogP contribution is -2.05. The average Bonchev–Trinajstić information content (AvgIpc) is 3.14. The van der Waals surface area contributed by atoms with Crippen LogP contribution in [0, 0.1) is 5.82 Å². The van der Waals surface area contributed by atoms with Crippen LogP contribution in [0.3, 0.4) is 0 Å². The Hall–Kier alpha value is -3.16. The molecule has 0 saturated carbocycles. The molecule has 1 heterocycles. The summed E-state index contributed by atoms with van der Waals surface area (Å²) in [5.41, 5.74) is 2.11. The molecule has 32 heavy (non-hydrogen) atoms. The summed E-state index contributed by atoms with van der Waals surface area (Å²) in [6.07, 6.45) is 1.53. The van der Waals surface area contributed by atoms with Gasteiger partial charge in [-0.1, -0.05) is 45.7 Å². The molecule has 5 nitrogen and oxygen atoms in total. The topological polar surface area (TPSA) is 57.1 Å². The maximum Gasteiger partial charge on any atom is 0.363 e. The van der Waals surface area contributed by atoms with Crippen molar-refractivity contribution in [2.45, 2.75) is 6.61 Å². The van der Waals surface area contributed by atoms with Gasteiger partial charge >= 0.3 is 5.97 Å². The van der Waals surface area contributed by atoms with E-state index in [1.807, 2.05) is 24.3 Å². The Morgan fingerprint density at radius 2 is 1.91 bits per heavy atom. The van der Waals surface area contributed by atoms with Crippen LogP contribution in [-0.2, 0) is 16.1 Å². The van der Waals surface area contributed by atoms with E-state index in [0.29, 0.717) is 27.6 Å². The molecule has 0 aliphatic carbocycles. The van der Waals surface area contributed by atoms with E-state index < -0.39 is 11.8 Å². The van der Waals surface area contributed by atoms with Crippen LogP contribution in [0.1, 0.15) is 16.7 Å². The fourth-order valence-electron chi connectivity index (χ4n) is 3.01. The molecule has 8 heteroatoms. The Morgan fingerprint density at radius 1 is 1.16 bits per heavy atom. The molecule has 0 spiro atoms.